The van der Waals surface area contributed by atoms with Crippen LogP contribution in [-0.4, -0.2) is 22.5 Å². The molecule has 0 radical (unpaired) electrons. The van der Waals surface area contributed by atoms with Gasteiger partial charge in [-0.15, -0.1) is 0 Å². The number of anilines is 1. The standard InChI is InChI=1S/C12H14N2OS/c13-12-10(8-16-6-5-15)7-9-3-1-2-4-11(9)14-12/h1-4,7,15H,5-6,8H2,(H2,13,14). The number of fused-ring (bicyclic) bond motifs is 1. The molecule has 0 aliphatic carbocycles. The van der Waals surface area contributed by atoms with Gasteiger partial charge in [-0.1, -0.05) is 18.2 Å². The van der Waals surface area contributed by atoms with E-state index in [9.17, 15) is 0 Å². The number of nitrogens with two attached hydrogens (primary N) is 1. The number of para-hydroxylation sites is 1. The van der Waals surface area contributed by atoms with Crippen molar-refractivity contribution in [3.63, 3.8) is 0 Å². The van der Waals surface area contributed by atoms with E-state index in [0.717, 1.165) is 28.0 Å². The number of aliphatic hydroxyl groups is 1. The van der Waals surface area contributed by atoms with E-state index in [4.69, 9.17) is 10.8 Å². The highest BCUT2D eigenvalue weighted by atomic mass is 32.2. The Morgan fingerprint density at radius 3 is 2.94 bits per heavy atom. The number of thioether (sulfide) groups is 1. The minimum atomic E-state index is 0.200. The van der Waals surface area contributed by atoms with Gasteiger partial charge in [-0.3, -0.25) is 0 Å². The lowest BCUT2D eigenvalue weighted by Crippen LogP contribution is -1.98. The Hall–Kier alpha value is -1.26. The number of benzene rings is 1. The summed E-state index contributed by atoms with van der Waals surface area (Å²) in [6.45, 7) is 0.200. The van der Waals surface area contributed by atoms with E-state index in [0.29, 0.717) is 5.82 Å². The van der Waals surface area contributed by atoms with Crippen LogP contribution in [0.25, 0.3) is 10.9 Å². The third kappa shape index (κ3) is 2.46. The van der Waals surface area contributed by atoms with Crippen LogP contribution in [0.3, 0.4) is 0 Å². The zero-order valence-electron chi connectivity index (χ0n) is 8.89. The van der Waals surface area contributed by atoms with Crippen LogP contribution in [0.5, 0.6) is 0 Å². The summed E-state index contributed by atoms with van der Waals surface area (Å²) >= 11 is 1.66. The minimum Gasteiger partial charge on any atom is -0.396 e. The quantitative estimate of drug-likeness (QED) is 0.795. The van der Waals surface area contributed by atoms with Crippen molar-refractivity contribution in [2.75, 3.05) is 18.1 Å². The van der Waals surface area contributed by atoms with E-state index in [-0.39, 0.29) is 6.61 Å². The van der Waals surface area contributed by atoms with Crippen LogP contribution in [0, 0.1) is 0 Å². The largest absolute Gasteiger partial charge is 0.396 e. The van der Waals surface area contributed by atoms with Gasteiger partial charge in [-0.05, 0) is 12.1 Å². The lowest BCUT2D eigenvalue weighted by molar-refractivity contribution is 0.322. The first-order valence-corrected chi connectivity index (χ1v) is 6.29. The second-order valence-electron chi connectivity index (χ2n) is 3.50. The summed E-state index contributed by atoms with van der Waals surface area (Å²) < 4.78 is 0. The average molecular weight is 234 g/mol. The van der Waals surface area contributed by atoms with Crippen LogP contribution in [0.15, 0.2) is 30.3 Å². The maximum Gasteiger partial charge on any atom is 0.128 e. The molecule has 1 aromatic carbocycles. The Balaban J connectivity index is 2.27. The zero-order valence-corrected chi connectivity index (χ0v) is 9.70. The Kier molecular flexibility index (Phi) is 3.64. The molecule has 0 aliphatic rings. The van der Waals surface area contributed by atoms with Gasteiger partial charge in [0.05, 0.1) is 12.1 Å². The van der Waals surface area contributed by atoms with Crippen molar-refractivity contribution in [3.8, 4) is 0 Å². The molecule has 3 N–H and O–H groups in total. The Bertz CT molecular complexity index is 487. The number of nitrogen functional groups attached to an aromatic ring is 1. The van der Waals surface area contributed by atoms with Crippen molar-refractivity contribution < 1.29 is 5.11 Å². The first kappa shape index (κ1) is 11.2. The molecule has 1 aromatic heterocycles. The number of aromatic nitrogens is 1. The van der Waals surface area contributed by atoms with Crippen LogP contribution in [-0.2, 0) is 5.75 Å². The van der Waals surface area contributed by atoms with Crippen LogP contribution < -0.4 is 5.73 Å². The lowest BCUT2D eigenvalue weighted by Gasteiger charge is -2.06. The molecule has 0 aliphatic heterocycles. The van der Waals surface area contributed by atoms with E-state index in [2.05, 4.69) is 11.1 Å². The molecule has 0 atom stereocenters. The summed E-state index contributed by atoms with van der Waals surface area (Å²) in [7, 11) is 0. The highest BCUT2D eigenvalue weighted by molar-refractivity contribution is 7.98. The zero-order chi connectivity index (χ0) is 11.4. The number of aliphatic hydroxyl groups excluding tert-OH is 1. The SMILES string of the molecule is Nc1nc2ccccc2cc1CSCCO. The molecular formula is C12H14N2OS. The molecule has 1 heterocycles. The number of hydrogen-bond donors (Lipinski definition) is 2. The molecule has 16 heavy (non-hydrogen) atoms. The smallest absolute Gasteiger partial charge is 0.128 e. The van der Waals surface area contributed by atoms with Crippen LogP contribution in [0.4, 0.5) is 5.82 Å². The fourth-order valence-electron chi connectivity index (χ4n) is 1.54. The van der Waals surface area contributed by atoms with Crippen molar-refractivity contribution in [1.29, 1.82) is 0 Å². The molecule has 0 fully saturated rings. The molecule has 2 aromatic rings. The monoisotopic (exact) mass is 234 g/mol. The number of pyridine rings is 1. The molecule has 3 nitrogen and oxygen atoms in total. The molecule has 2 rings (SSSR count). The van der Waals surface area contributed by atoms with E-state index in [1.807, 2.05) is 24.3 Å². The normalized spacial score (nSPS) is 10.8. The first-order valence-electron chi connectivity index (χ1n) is 5.14. The second kappa shape index (κ2) is 5.18. The maximum atomic E-state index is 8.72. The maximum absolute atomic E-state index is 8.72. The van der Waals surface area contributed by atoms with Gasteiger partial charge < -0.3 is 10.8 Å². The van der Waals surface area contributed by atoms with Crippen LogP contribution in [0.1, 0.15) is 5.56 Å². The fraction of sp³-hybridized carbons (Fsp3) is 0.250. The Morgan fingerprint density at radius 1 is 1.31 bits per heavy atom. The van der Waals surface area contributed by atoms with Gasteiger partial charge in [0, 0.05) is 22.5 Å². The number of nitrogens with zero attached hydrogens (tertiary/aromatic N) is 1. The van der Waals surface area contributed by atoms with Crippen molar-refractivity contribution in [1.82, 2.24) is 4.98 Å². The molecule has 0 amide bonds. The summed E-state index contributed by atoms with van der Waals surface area (Å²) in [5, 5.41) is 9.83. The van der Waals surface area contributed by atoms with Gasteiger partial charge in [0.1, 0.15) is 5.82 Å². The van der Waals surface area contributed by atoms with E-state index < -0.39 is 0 Å². The molecule has 0 bridgehead atoms. The number of hydrogen-bond acceptors (Lipinski definition) is 4. The van der Waals surface area contributed by atoms with E-state index in [1.165, 1.54) is 0 Å². The topological polar surface area (TPSA) is 59.1 Å². The van der Waals surface area contributed by atoms with Gasteiger partial charge >= 0.3 is 0 Å². The van der Waals surface area contributed by atoms with Crippen molar-refractivity contribution in [3.05, 3.63) is 35.9 Å². The summed E-state index contributed by atoms with van der Waals surface area (Å²) in [5.41, 5.74) is 7.85. The highest BCUT2D eigenvalue weighted by Gasteiger charge is 2.03. The first-order chi connectivity index (χ1) is 7.81. The van der Waals surface area contributed by atoms with Gasteiger partial charge in [0.2, 0.25) is 0 Å². The van der Waals surface area contributed by atoms with Crippen molar-refractivity contribution in [2.45, 2.75) is 5.75 Å². The molecule has 0 saturated carbocycles. The number of rotatable bonds is 4. The van der Waals surface area contributed by atoms with Crippen molar-refractivity contribution in [2.24, 2.45) is 0 Å². The third-order valence-corrected chi connectivity index (χ3v) is 3.32. The molecule has 4 heteroatoms. The van der Waals surface area contributed by atoms with Crippen LogP contribution >= 0.6 is 11.8 Å². The second-order valence-corrected chi connectivity index (χ2v) is 4.61. The molecule has 0 spiro atoms. The van der Waals surface area contributed by atoms with Gasteiger partial charge in [-0.25, -0.2) is 4.98 Å². The molecule has 0 saturated heterocycles. The lowest BCUT2D eigenvalue weighted by atomic mass is 10.1. The predicted molar refractivity (Wildman–Crippen MR) is 69.4 cm³/mol. The average Bonchev–Trinajstić information content (AvgIpc) is 2.30. The van der Waals surface area contributed by atoms with Crippen molar-refractivity contribution >= 4 is 28.5 Å². The van der Waals surface area contributed by atoms with Gasteiger partial charge in [-0.2, -0.15) is 11.8 Å². The fourth-order valence-corrected chi connectivity index (χ4v) is 2.26. The summed E-state index contributed by atoms with van der Waals surface area (Å²) in [5.74, 6) is 2.11. The minimum absolute atomic E-state index is 0.200. The summed E-state index contributed by atoms with van der Waals surface area (Å²) in [4.78, 5) is 4.36. The Morgan fingerprint density at radius 2 is 2.12 bits per heavy atom. The van der Waals surface area contributed by atoms with E-state index >= 15 is 0 Å². The molecule has 84 valence electrons. The predicted octanol–water partition coefficient (Wildman–Crippen LogP) is 2.04. The summed E-state index contributed by atoms with van der Waals surface area (Å²) in [6.07, 6.45) is 0. The van der Waals surface area contributed by atoms with Gasteiger partial charge in [0.15, 0.2) is 0 Å². The highest BCUT2D eigenvalue weighted by Crippen LogP contribution is 2.22. The Labute approximate surface area is 98.7 Å². The van der Waals surface area contributed by atoms with E-state index in [1.54, 1.807) is 11.8 Å². The molecule has 0 unspecified atom stereocenters. The third-order valence-electron chi connectivity index (χ3n) is 2.33. The van der Waals surface area contributed by atoms with Crippen LogP contribution in [0.2, 0.25) is 0 Å². The molecular weight excluding hydrogens is 220 g/mol. The summed E-state index contributed by atoms with van der Waals surface area (Å²) in [6, 6.07) is 10.0. The van der Waals surface area contributed by atoms with Gasteiger partial charge in [0.25, 0.3) is 0 Å².